The fraction of sp³-hybridized carbons (Fsp3) is 0.920. The molecule has 4 rings (SSSR count). The highest BCUT2D eigenvalue weighted by molar-refractivity contribution is 5.87. The van der Waals surface area contributed by atoms with Crippen molar-refractivity contribution in [2.75, 3.05) is 7.11 Å². The second-order valence-electron chi connectivity index (χ2n) is 11.5. The first-order valence-electron chi connectivity index (χ1n) is 12.1. The zero-order chi connectivity index (χ0) is 22.7. The molecule has 4 saturated carbocycles. The van der Waals surface area contributed by atoms with Crippen molar-refractivity contribution in [3.05, 3.63) is 0 Å². The van der Waals surface area contributed by atoms with Crippen molar-refractivity contribution in [3.8, 4) is 0 Å². The summed E-state index contributed by atoms with van der Waals surface area (Å²) in [5.41, 5.74) is -0.476. The Bertz CT molecular complexity index is 727. The Labute approximate surface area is 185 Å². The smallest absolute Gasteiger partial charge is 0.305 e. The number of carbonyl (C=O) groups excluding carboxylic acids is 2. The number of alkyl halides is 1. The van der Waals surface area contributed by atoms with Crippen LogP contribution in [0, 0.1) is 46.3 Å². The molecular weight excluding hydrogens is 399 g/mol. The maximum atomic E-state index is 15.8. The highest BCUT2D eigenvalue weighted by Crippen LogP contribution is 2.68. The van der Waals surface area contributed by atoms with E-state index in [0.717, 1.165) is 32.1 Å². The summed E-state index contributed by atoms with van der Waals surface area (Å²) in [7, 11) is 1.41. The Morgan fingerprint density at radius 3 is 2.52 bits per heavy atom. The van der Waals surface area contributed by atoms with Crippen molar-refractivity contribution in [1.29, 1.82) is 0 Å². The Balaban J connectivity index is 1.59. The summed E-state index contributed by atoms with van der Waals surface area (Å²) < 4.78 is 20.6. The van der Waals surface area contributed by atoms with E-state index in [1.54, 1.807) is 0 Å². The molecular formula is C25H39FO5. The van der Waals surface area contributed by atoms with Gasteiger partial charge in [0.2, 0.25) is 0 Å². The number of fused-ring (bicyclic) bond motifs is 5. The Morgan fingerprint density at radius 2 is 1.84 bits per heavy atom. The van der Waals surface area contributed by atoms with E-state index in [4.69, 9.17) is 4.74 Å². The molecule has 0 heterocycles. The largest absolute Gasteiger partial charge is 0.469 e. The average molecular weight is 439 g/mol. The molecule has 0 radical (unpaired) electrons. The summed E-state index contributed by atoms with van der Waals surface area (Å²) in [5, 5.41) is 20.6. The lowest BCUT2D eigenvalue weighted by molar-refractivity contribution is -0.187. The predicted octanol–water partition coefficient (Wildman–Crippen LogP) is 3.69. The molecule has 176 valence electrons. The molecule has 0 aromatic rings. The van der Waals surface area contributed by atoms with E-state index in [1.165, 1.54) is 7.11 Å². The number of methoxy groups -OCH3 is 1. The fourth-order valence-electron chi connectivity index (χ4n) is 8.63. The van der Waals surface area contributed by atoms with Gasteiger partial charge in [0.25, 0.3) is 0 Å². The van der Waals surface area contributed by atoms with E-state index in [0.29, 0.717) is 24.7 Å². The van der Waals surface area contributed by atoms with Crippen LogP contribution in [0.1, 0.15) is 72.1 Å². The number of ether oxygens (including phenoxy) is 1. The molecule has 0 aromatic heterocycles. The van der Waals surface area contributed by atoms with Gasteiger partial charge in [-0.15, -0.1) is 0 Å². The summed E-state index contributed by atoms with van der Waals surface area (Å²) >= 11 is 0. The van der Waals surface area contributed by atoms with Gasteiger partial charge in [0.05, 0.1) is 19.3 Å². The molecule has 31 heavy (non-hydrogen) atoms. The quantitative estimate of drug-likeness (QED) is 0.654. The third kappa shape index (κ3) is 3.47. The molecule has 0 bridgehead atoms. The second kappa shape index (κ2) is 8.09. The molecule has 4 aliphatic carbocycles. The van der Waals surface area contributed by atoms with Crippen LogP contribution in [0.15, 0.2) is 0 Å². The second-order valence-corrected chi connectivity index (χ2v) is 11.5. The average Bonchev–Trinajstić information content (AvgIpc) is 3.09. The minimum absolute atomic E-state index is 0.0304. The first-order chi connectivity index (χ1) is 14.5. The summed E-state index contributed by atoms with van der Waals surface area (Å²) in [6.45, 7) is 6.54. The fourth-order valence-corrected chi connectivity index (χ4v) is 8.63. The van der Waals surface area contributed by atoms with Gasteiger partial charge in [-0.05, 0) is 79.4 Å². The molecule has 0 aromatic carbocycles. The molecule has 6 heteroatoms. The summed E-state index contributed by atoms with van der Waals surface area (Å²) in [4.78, 5) is 24.8. The number of halogens is 1. The van der Waals surface area contributed by atoms with Crippen LogP contribution in [-0.4, -0.2) is 47.5 Å². The number of carbonyl (C=O) groups is 2. The topological polar surface area (TPSA) is 83.8 Å². The van der Waals surface area contributed by atoms with Gasteiger partial charge in [0.1, 0.15) is 0 Å². The van der Waals surface area contributed by atoms with Crippen LogP contribution in [0.3, 0.4) is 0 Å². The Kier molecular flexibility index (Phi) is 6.04. The minimum Gasteiger partial charge on any atom is -0.469 e. The number of esters is 1. The zero-order valence-electron chi connectivity index (χ0n) is 19.4. The van der Waals surface area contributed by atoms with Gasteiger partial charge in [0, 0.05) is 18.3 Å². The molecule has 11 atom stereocenters. The van der Waals surface area contributed by atoms with E-state index in [-0.39, 0.29) is 41.3 Å². The van der Waals surface area contributed by atoms with Gasteiger partial charge in [-0.25, -0.2) is 4.39 Å². The lowest BCUT2D eigenvalue weighted by atomic mass is 9.43. The number of aliphatic hydroxyl groups excluding tert-OH is 2. The summed E-state index contributed by atoms with van der Waals surface area (Å²) in [6.07, 6.45) is 2.27. The van der Waals surface area contributed by atoms with Gasteiger partial charge in [-0.1, -0.05) is 20.8 Å². The van der Waals surface area contributed by atoms with Crippen molar-refractivity contribution in [3.63, 3.8) is 0 Å². The number of Topliss-reactive ketones (excluding diaryl/α,β-unsaturated/α-hetero) is 1. The number of hydrogen-bond acceptors (Lipinski definition) is 5. The highest BCUT2D eigenvalue weighted by Gasteiger charge is 2.66. The molecule has 0 saturated heterocycles. The third-order valence-corrected chi connectivity index (χ3v) is 10.3. The molecule has 4 aliphatic rings. The van der Waals surface area contributed by atoms with Crippen LogP contribution in [0.2, 0.25) is 0 Å². The van der Waals surface area contributed by atoms with E-state index in [1.807, 2.05) is 0 Å². The summed E-state index contributed by atoms with van der Waals surface area (Å²) in [6, 6.07) is 0. The monoisotopic (exact) mass is 438 g/mol. The molecule has 0 amide bonds. The van der Waals surface area contributed by atoms with Gasteiger partial charge < -0.3 is 14.9 Å². The predicted molar refractivity (Wildman–Crippen MR) is 114 cm³/mol. The van der Waals surface area contributed by atoms with Crippen molar-refractivity contribution in [1.82, 2.24) is 0 Å². The van der Waals surface area contributed by atoms with E-state index in [9.17, 15) is 19.8 Å². The van der Waals surface area contributed by atoms with Gasteiger partial charge in [-0.3, -0.25) is 9.59 Å². The number of ketones is 1. The van der Waals surface area contributed by atoms with Crippen LogP contribution in [0.25, 0.3) is 0 Å². The highest BCUT2D eigenvalue weighted by atomic mass is 19.1. The maximum Gasteiger partial charge on any atom is 0.305 e. The number of hydrogen-bond donors (Lipinski definition) is 2. The Hall–Kier alpha value is -1.01. The molecule has 0 unspecified atom stereocenters. The lowest BCUT2D eigenvalue weighted by Gasteiger charge is -2.61. The SMILES string of the molecule is COC(=O)CC[C@@H](C)[C@H]1CC[C@H]2[C@@H]3[C@H](F)C(=O)[C@H]4C[C@H](O)[C@@H](O)C[C@]4(C)[C@H]3CC[C@]12C. The van der Waals surface area contributed by atoms with Crippen LogP contribution >= 0.6 is 0 Å². The normalized spacial score (nSPS) is 50.2. The standard InChI is InChI=1S/C25H39FO5/c1-13(5-8-20(29)31-4)14-6-7-15-21-16(9-10-24(14,15)2)25(3)12-19(28)18(27)11-17(25)23(30)22(21)26/h13-19,21-22,27-28H,5-12H2,1-4H3/t13-,14-,15+,16+,17-,18+,19+,21+,22+,24-,25-/m1/s1. The first-order valence-corrected chi connectivity index (χ1v) is 12.1. The van der Waals surface area contributed by atoms with Gasteiger partial charge in [-0.2, -0.15) is 0 Å². The summed E-state index contributed by atoms with van der Waals surface area (Å²) in [5.74, 6) is -0.356. The first kappa shape index (κ1) is 23.2. The Morgan fingerprint density at radius 1 is 1.16 bits per heavy atom. The zero-order valence-corrected chi connectivity index (χ0v) is 19.4. The molecule has 0 aliphatic heterocycles. The van der Waals surface area contributed by atoms with Crippen molar-refractivity contribution in [2.45, 2.75) is 90.5 Å². The third-order valence-electron chi connectivity index (χ3n) is 10.3. The van der Waals surface area contributed by atoms with Crippen molar-refractivity contribution >= 4 is 11.8 Å². The molecule has 2 N–H and O–H groups in total. The van der Waals surface area contributed by atoms with Crippen LogP contribution in [0.4, 0.5) is 4.39 Å². The van der Waals surface area contributed by atoms with Gasteiger partial charge >= 0.3 is 5.97 Å². The van der Waals surface area contributed by atoms with E-state index < -0.39 is 29.7 Å². The van der Waals surface area contributed by atoms with Crippen LogP contribution in [-0.2, 0) is 14.3 Å². The molecule has 4 fully saturated rings. The van der Waals surface area contributed by atoms with Crippen molar-refractivity contribution in [2.24, 2.45) is 46.3 Å². The van der Waals surface area contributed by atoms with E-state index in [2.05, 4.69) is 20.8 Å². The lowest BCUT2D eigenvalue weighted by Crippen LogP contribution is -2.63. The number of rotatable bonds is 4. The van der Waals surface area contributed by atoms with Crippen LogP contribution in [0.5, 0.6) is 0 Å². The number of aliphatic hydroxyl groups is 2. The van der Waals surface area contributed by atoms with Gasteiger partial charge in [0.15, 0.2) is 12.0 Å². The molecule has 5 nitrogen and oxygen atoms in total. The van der Waals surface area contributed by atoms with E-state index >= 15 is 4.39 Å². The van der Waals surface area contributed by atoms with Crippen LogP contribution < -0.4 is 0 Å². The van der Waals surface area contributed by atoms with Crippen molar-refractivity contribution < 1.29 is 28.9 Å². The maximum absolute atomic E-state index is 15.8. The molecule has 0 spiro atoms. The minimum atomic E-state index is -1.47.